The second kappa shape index (κ2) is 9.35. The molecule has 2 aliphatic heterocycles. The molecule has 2 amide bonds. The number of anilines is 1. The fourth-order valence-corrected chi connectivity index (χ4v) is 3.66. The summed E-state index contributed by atoms with van der Waals surface area (Å²) in [6.07, 6.45) is 4.09. The maximum atomic E-state index is 12.7. The van der Waals surface area contributed by atoms with Crippen molar-refractivity contribution >= 4 is 29.9 Å². The summed E-state index contributed by atoms with van der Waals surface area (Å²) in [4.78, 5) is 29.0. The molecule has 3 rings (SSSR count). The number of benzene rings is 1. The standard InChI is InChI=1S/C19H28N4O2.ClH/c1-22-12-4-5-16(13-22)23(2)19(25)14-7-9-15(10-8-14)21-18(24)17-6-3-11-20-17;/h7-10,16-17,20H,3-6,11-13H2,1-2H3,(H,21,24);1H. The lowest BCUT2D eigenvalue weighted by Gasteiger charge is -2.35. The van der Waals surface area contributed by atoms with E-state index in [1.807, 2.05) is 11.9 Å². The number of halogens is 1. The summed E-state index contributed by atoms with van der Waals surface area (Å²) in [5.41, 5.74) is 1.39. The van der Waals surface area contributed by atoms with Crippen LogP contribution in [0.15, 0.2) is 24.3 Å². The molecular formula is C19H29ClN4O2. The molecule has 0 spiro atoms. The van der Waals surface area contributed by atoms with E-state index in [0.717, 1.165) is 51.0 Å². The second-order valence-corrected chi connectivity index (χ2v) is 7.19. The lowest BCUT2D eigenvalue weighted by atomic mass is 10.0. The molecule has 26 heavy (non-hydrogen) atoms. The van der Waals surface area contributed by atoms with Crippen molar-refractivity contribution in [2.75, 3.05) is 39.0 Å². The first kappa shape index (κ1) is 20.7. The van der Waals surface area contributed by atoms with E-state index in [4.69, 9.17) is 0 Å². The molecule has 2 unspecified atom stereocenters. The van der Waals surface area contributed by atoms with E-state index in [1.54, 1.807) is 24.3 Å². The summed E-state index contributed by atoms with van der Waals surface area (Å²) in [6.45, 7) is 2.92. The van der Waals surface area contributed by atoms with Gasteiger partial charge in [0.25, 0.3) is 5.91 Å². The molecule has 0 aliphatic carbocycles. The Labute approximate surface area is 161 Å². The van der Waals surface area contributed by atoms with Gasteiger partial charge < -0.3 is 20.4 Å². The van der Waals surface area contributed by atoms with Crippen molar-refractivity contribution in [2.45, 2.75) is 37.8 Å². The van der Waals surface area contributed by atoms with Gasteiger partial charge in [0.2, 0.25) is 5.91 Å². The van der Waals surface area contributed by atoms with Crippen LogP contribution in [0, 0.1) is 0 Å². The third kappa shape index (κ3) is 4.96. The topological polar surface area (TPSA) is 64.7 Å². The normalized spacial score (nSPS) is 23.2. The average molecular weight is 381 g/mol. The number of nitrogens with zero attached hydrogens (tertiary/aromatic N) is 2. The molecule has 2 N–H and O–H groups in total. The maximum absolute atomic E-state index is 12.7. The molecule has 0 saturated carbocycles. The van der Waals surface area contributed by atoms with Crippen LogP contribution in [0.2, 0.25) is 0 Å². The Bertz CT molecular complexity index is 616. The molecule has 2 fully saturated rings. The maximum Gasteiger partial charge on any atom is 0.253 e. The lowest BCUT2D eigenvalue weighted by Crippen LogP contribution is -2.47. The SMILES string of the molecule is CN1CCCC(N(C)C(=O)c2ccc(NC(=O)C3CCCN3)cc2)C1.Cl. The first-order valence-electron chi connectivity index (χ1n) is 9.14. The van der Waals surface area contributed by atoms with E-state index in [1.165, 1.54) is 0 Å². The van der Waals surface area contributed by atoms with E-state index in [2.05, 4.69) is 22.6 Å². The van der Waals surface area contributed by atoms with Gasteiger partial charge in [-0.2, -0.15) is 0 Å². The highest BCUT2D eigenvalue weighted by Gasteiger charge is 2.25. The number of carbonyl (C=O) groups is 2. The van der Waals surface area contributed by atoms with Crippen molar-refractivity contribution in [3.8, 4) is 0 Å². The molecule has 1 aromatic carbocycles. The number of piperidine rings is 1. The molecule has 0 aromatic heterocycles. The number of likely N-dealkylation sites (tertiary alicyclic amines) is 1. The van der Waals surface area contributed by atoms with Crippen LogP contribution in [0.1, 0.15) is 36.0 Å². The van der Waals surface area contributed by atoms with Crippen molar-refractivity contribution in [2.24, 2.45) is 0 Å². The van der Waals surface area contributed by atoms with Crippen LogP contribution in [0.5, 0.6) is 0 Å². The number of carbonyl (C=O) groups excluding carboxylic acids is 2. The van der Waals surface area contributed by atoms with Gasteiger partial charge in [0, 0.05) is 30.9 Å². The summed E-state index contributed by atoms with van der Waals surface area (Å²) in [5.74, 6) is 0.0366. The predicted octanol–water partition coefficient (Wildman–Crippen LogP) is 1.97. The van der Waals surface area contributed by atoms with Crippen LogP contribution in [0.3, 0.4) is 0 Å². The first-order chi connectivity index (χ1) is 12.0. The van der Waals surface area contributed by atoms with Gasteiger partial charge in [0.05, 0.1) is 6.04 Å². The van der Waals surface area contributed by atoms with E-state index in [9.17, 15) is 9.59 Å². The molecule has 0 bridgehead atoms. The van der Waals surface area contributed by atoms with Crippen LogP contribution in [0.4, 0.5) is 5.69 Å². The van der Waals surface area contributed by atoms with E-state index < -0.39 is 0 Å². The minimum Gasteiger partial charge on any atom is -0.337 e. The van der Waals surface area contributed by atoms with Crippen molar-refractivity contribution in [1.82, 2.24) is 15.1 Å². The van der Waals surface area contributed by atoms with E-state index in [-0.39, 0.29) is 36.3 Å². The van der Waals surface area contributed by atoms with Crippen LogP contribution in [0.25, 0.3) is 0 Å². The van der Waals surface area contributed by atoms with Gasteiger partial charge in [-0.05, 0) is 70.1 Å². The van der Waals surface area contributed by atoms with Crippen molar-refractivity contribution < 1.29 is 9.59 Å². The summed E-state index contributed by atoms with van der Waals surface area (Å²) in [5, 5.41) is 6.10. The molecule has 2 aliphatic rings. The molecule has 7 heteroatoms. The van der Waals surface area contributed by atoms with Gasteiger partial charge in [0.15, 0.2) is 0 Å². The largest absolute Gasteiger partial charge is 0.337 e. The Kier molecular flexibility index (Phi) is 7.43. The Morgan fingerprint density at radius 2 is 1.92 bits per heavy atom. The lowest BCUT2D eigenvalue weighted by molar-refractivity contribution is -0.117. The van der Waals surface area contributed by atoms with Crippen molar-refractivity contribution in [3.63, 3.8) is 0 Å². The molecule has 2 heterocycles. The monoisotopic (exact) mass is 380 g/mol. The van der Waals surface area contributed by atoms with Crippen LogP contribution >= 0.6 is 12.4 Å². The Morgan fingerprint density at radius 3 is 2.54 bits per heavy atom. The zero-order valence-corrected chi connectivity index (χ0v) is 16.3. The van der Waals surface area contributed by atoms with Crippen LogP contribution in [-0.4, -0.2) is 67.4 Å². The molecule has 0 radical (unpaired) electrons. The fraction of sp³-hybridized carbons (Fsp3) is 0.579. The predicted molar refractivity (Wildman–Crippen MR) is 106 cm³/mol. The summed E-state index contributed by atoms with van der Waals surface area (Å²) in [6, 6.07) is 7.36. The van der Waals surface area contributed by atoms with Gasteiger partial charge in [-0.1, -0.05) is 0 Å². The molecule has 2 atom stereocenters. The van der Waals surface area contributed by atoms with Crippen molar-refractivity contribution in [3.05, 3.63) is 29.8 Å². The second-order valence-electron chi connectivity index (χ2n) is 7.19. The summed E-state index contributed by atoms with van der Waals surface area (Å²) >= 11 is 0. The van der Waals surface area contributed by atoms with Crippen LogP contribution in [-0.2, 0) is 4.79 Å². The highest BCUT2D eigenvalue weighted by Crippen LogP contribution is 2.18. The first-order valence-corrected chi connectivity index (χ1v) is 9.14. The number of rotatable bonds is 4. The Morgan fingerprint density at radius 1 is 1.19 bits per heavy atom. The Balaban J connectivity index is 0.00000243. The minimum atomic E-state index is -0.101. The quantitative estimate of drug-likeness (QED) is 0.838. The third-order valence-corrected chi connectivity index (χ3v) is 5.24. The van der Waals surface area contributed by atoms with Gasteiger partial charge in [-0.15, -0.1) is 12.4 Å². The Hall–Kier alpha value is -1.63. The molecule has 1 aromatic rings. The molecule has 6 nitrogen and oxygen atoms in total. The summed E-state index contributed by atoms with van der Waals surface area (Å²) in [7, 11) is 3.98. The number of hydrogen-bond acceptors (Lipinski definition) is 4. The third-order valence-electron chi connectivity index (χ3n) is 5.24. The van der Waals surface area contributed by atoms with Crippen molar-refractivity contribution in [1.29, 1.82) is 0 Å². The smallest absolute Gasteiger partial charge is 0.253 e. The number of nitrogens with one attached hydrogen (secondary N) is 2. The molecule has 2 saturated heterocycles. The average Bonchev–Trinajstić information content (AvgIpc) is 3.16. The zero-order chi connectivity index (χ0) is 17.8. The molecule has 144 valence electrons. The van der Waals surface area contributed by atoms with E-state index in [0.29, 0.717) is 5.56 Å². The van der Waals surface area contributed by atoms with Crippen LogP contribution < -0.4 is 10.6 Å². The van der Waals surface area contributed by atoms with Gasteiger partial charge >= 0.3 is 0 Å². The highest BCUT2D eigenvalue weighted by molar-refractivity contribution is 5.97. The zero-order valence-electron chi connectivity index (χ0n) is 15.5. The summed E-state index contributed by atoms with van der Waals surface area (Å²) < 4.78 is 0. The number of hydrogen-bond donors (Lipinski definition) is 2. The van der Waals surface area contributed by atoms with Gasteiger partial charge in [0.1, 0.15) is 0 Å². The molecular weight excluding hydrogens is 352 g/mol. The highest BCUT2D eigenvalue weighted by atomic mass is 35.5. The number of amides is 2. The van der Waals surface area contributed by atoms with Gasteiger partial charge in [-0.25, -0.2) is 0 Å². The van der Waals surface area contributed by atoms with E-state index >= 15 is 0 Å². The minimum absolute atomic E-state index is 0. The van der Waals surface area contributed by atoms with Gasteiger partial charge in [-0.3, -0.25) is 9.59 Å². The fourth-order valence-electron chi connectivity index (χ4n) is 3.66. The number of likely N-dealkylation sites (N-methyl/N-ethyl adjacent to an activating group) is 2.